The molecule has 7 nitrogen and oxygen atoms in total. The van der Waals surface area contributed by atoms with Gasteiger partial charge in [-0.05, 0) is 44.7 Å². The second kappa shape index (κ2) is 7.65. The van der Waals surface area contributed by atoms with Crippen molar-refractivity contribution in [2.75, 3.05) is 5.32 Å². The van der Waals surface area contributed by atoms with Gasteiger partial charge in [-0.15, -0.1) is 0 Å². The Balaban J connectivity index is 1.79. The van der Waals surface area contributed by atoms with Crippen LogP contribution in [0.2, 0.25) is 0 Å². The maximum absolute atomic E-state index is 13.4. The van der Waals surface area contributed by atoms with Gasteiger partial charge >= 0.3 is 0 Å². The molecule has 3 N–H and O–H groups in total. The predicted octanol–water partition coefficient (Wildman–Crippen LogP) is 3.07. The number of anilines is 1. The first-order chi connectivity index (χ1) is 13.2. The Kier molecular flexibility index (Phi) is 5.44. The number of aryl methyl sites for hydroxylation is 1. The number of hydrogen-bond acceptors (Lipinski definition) is 4. The number of rotatable bonds is 5. The van der Waals surface area contributed by atoms with Crippen molar-refractivity contribution in [1.82, 2.24) is 14.8 Å². The highest BCUT2D eigenvalue weighted by atomic mass is 19.3. The van der Waals surface area contributed by atoms with Crippen molar-refractivity contribution in [3.63, 3.8) is 0 Å². The van der Waals surface area contributed by atoms with Crippen LogP contribution in [0.1, 0.15) is 57.9 Å². The van der Waals surface area contributed by atoms with Crippen molar-refractivity contribution >= 4 is 17.5 Å². The second-order valence-corrected chi connectivity index (χ2v) is 7.29. The Morgan fingerprint density at radius 3 is 2.64 bits per heavy atom. The summed E-state index contributed by atoms with van der Waals surface area (Å²) < 4.78 is 28.4. The van der Waals surface area contributed by atoms with Gasteiger partial charge in [-0.3, -0.25) is 19.3 Å². The Morgan fingerprint density at radius 1 is 1.32 bits per heavy atom. The summed E-state index contributed by atoms with van der Waals surface area (Å²) in [6.45, 7) is 4.01. The standard InChI is InChI=1S/C19H23F2N5O2/c1-11-12(2)25-26(10-13-3-6-19(20,21)7-4-13)16(11)18(28)24-14-5-8-23-15(9-14)17(22)27/h5,8-9,13H,3-4,6-7,10H2,1-2H3,(H2,22,27)(H,23,24,28). The SMILES string of the molecule is Cc1nn(CC2CCC(F)(F)CC2)c(C(=O)Nc2ccnc(C(N)=O)c2)c1C. The first kappa shape index (κ1) is 19.9. The molecule has 2 heterocycles. The van der Waals surface area contributed by atoms with E-state index < -0.39 is 11.8 Å². The summed E-state index contributed by atoms with van der Waals surface area (Å²) >= 11 is 0. The zero-order valence-electron chi connectivity index (χ0n) is 15.8. The van der Waals surface area contributed by atoms with Crippen LogP contribution in [0.4, 0.5) is 14.5 Å². The summed E-state index contributed by atoms with van der Waals surface area (Å²) in [6, 6.07) is 2.95. The number of nitrogens with one attached hydrogen (secondary N) is 1. The molecule has 28 heavy (non-hydrogen) atoms. The number of pyridine rings is 1. The van der Waals surface area contributed by atoms with Gasteiger partial charge in [0, 0.05) is 36.8 Å². The van der Waals surface area contributed by atoms with Crippen molar-refractivity contribution in [1.29, 1.82) is 0 Å². The molecule has 1 aliphatic rings. The lowest BCUT2D eigenvalue weighted by atomic mass is 9.87. The molecule has 0 spiro atoms. The monoisotopic (exact) mass is 391 g/mol. The summed E-state index contributed by atoms with van der Waals surface area (Å²) in [5.74, 6) is -3.62. The molecule has 0 unspecified atom stereocenters. The van der Waals surface area contributed by atoms with Crippen LogP contribution in [0, 0.1) is 19.8 Å². The molecular formula is C19H23F2N5O2. The fraction of sp³-hybridized carbons (Fsp3) is 0.474. The highest BCUT2D eigenvalue weighted by Crippen LogP contribution is 2.37. The number of nitrogens with zero attached hydrogens (tertiary/aromatic N) is 3. The molecule has 1 fully saturated rings. The Morgan fingerprint density at radius 2 is 2.00 bits per heavy atom. The van der Waals surface area contributed by atoms with Gasteiger partial charge < -0.3 is 11.1 Å². The number of nitrogens with two attached hydrogens (primary N) is 1. The first-order valence-corrected chi connectivity index (χ1v) is 9.15. The number of amides is 2. The Hall–Kier alpha value is -2.84. The van der Waals surface area contributed by atoms with E-state index in [9.17, 15) is 18.4 Å². The maximum atomic E-state index is 13.4. The van der Waals surface area contributed by atoms with E-state index in [-0.39, 0.29) is 30.4 Å². The number of aromatic nitrogens is 3. The van der Waals surface area contributed by atoms with Crippen LogP contribution in [0.15, 0.2) is 18.3 Å². The molecular weight excluding hydrogens is 368 g/mol. The normalized spacial score (nSPS) is 16.7. The van der Waals surface area contributed by atoms with Crippen LogP contribution in [0.25, 0.3) is 0 Å². The van der Waals surface area contributed by atoms with E-state index in [0.29, 0.717) is 36.5 Å². The summed E-state index contributed by atoms with van der Waals surface area (Å²) in [5, 5.41) is 7.16. The van der Waals surface area contributed by atoms with E-state index in [1.165, 1.54) is 12.3 Å². The molecule has 0 radical (unpaired) electrons. The van der Waals surface area contributed by atoms with E-state index >= 15 is 0 Å². The zero-order chi connectivity index (χ0) is 20.5. The van der Waals surface area contributed by atoms with Gasteiger partial charge in [-0.2, -0.15) is 5.10 Å². The zero-order valence-corrected chi connectivity index (χ0v) is 15.8. The minimum Gasteiger partial charge on any atom is -0.364 e. The summed E-state index contributed by atoms with van der Waals surface area (Å²) in [7, 11) is 0. The van der Waals surface area contributed by atoms with Gasteiger partial charge in [0.1, 0.15) is 11.4 Å². The van der Waals surface area contributed by atoms with E-state index in [4.69, 9.17) is 5.73 Å². The summed E-state index contributed by atoms with van der Waals surface area (Å²) in [4.78, 5) is 28.0. The lowest BCUT2D eigenvalue weighted by molar-refractivity contribution is -0.0477. The molecule has 3 rings (SSSR count). The maximum Gasteiger partial charge on any atom is 0.274 e. The third-order valence-electron chi connectivity index (χ3n) is 5.18. The number of alkyl halides is 2. The van der Waals surface area contributed by atoms with E-state index in [2.05, 4.69) is 15.4 Å². The molecule has 150 valence electrons. The van der Waals surface area contributed by atoms with Crippen LogP contribution in [-0.2, 0) is 6.54 Å². The quantitative estimate of drug-likeness (QED) is 0.817. The number of primary amides is 1. The van der Waals surface area contributed by atoms with E-state index in [1.54, 1.807) is 24.6 Å². The van der Waals surface area contributed by atoms with Crippen LogP contribution >= 0.6 is 0 Å². The summed E-state index contributed by atoms with van der Waals surface area (Å²) in [5.41, 5.74) is 7.46. The molecule has 9 heteroatoms. The number of halogens is 2. The van der Waals surface area contributed by atoms with Crippen LogP contribution in [0.5, 0.6) is 0 Å². The third kappa shape index (κ3) is 4.35. The molecule has 0 atom stereocenters. The molecule has 0 saturated heterocycles. The lowest BCUT2D eigenvalue weighted by Gasteiger charge is -2.28. The van der Waals surface area contributed by atoms with Gasteiger partial charge in [0.15, 0.2) is 0 Å². The lowest BCUT2D eigenvalue weighted by Crippen LogP contribution is -2.28. The fourth-order valence-electron chi connectivity index (χ4n) is 3.45. The molecule has 2 aromatic heterocycles. The highest BCUT2D eigenvalue weighted by Gasteiger charge is 2.35. The largest absolute Gasteiger partial charge is 0.364 e. The highest BCUT2D eigenvalue weighted by molar-refractivity contribution is 6.04. The predicted molar refractivity (Wildman–Crippen MR) is 99.3 cm³/mol. The fourth-order valence-corrected chi connectivity index (χ4v) is 3.45. The van der Waals surface area contributed by atoms with Crippen molar-refractivity contribution in [2.45, 2.75) is 52.0 Å². The van der Waals surface area contributed by atoms with Crippen LogP contribution in [0.3, 0.4) is 0 Å². The third-order valence-corrected chi connectivity index (χ3v) is 5.18. The Labute approximate surface area is 161 Å². The molecule has 0 aliphatic heterocycles. The summed E-state index contributed by atoms with van der Waals surface area (Å²) in [6.07, 6.45) is 1.92. The smallest absolute Gasteiger partial charge is 0.274 e. The average Bonchev–Trinajstić information content (AvgIpc) is 2.91. The van der Waals surface area contributed by atoms with Gasteiger partial charge in [-0.1, -0.05) is 0 Å². The molecule has 1 saturated carbocycles. The first-order valence-electron chi connectivity index (χ1n) is 9.15. The average molecular weight is 391 g/mol. The topological polar surface area (TPSA) is 103 Å². The minimum absolute atomic E-state index is 0.0438. The Bertz CT molecular complexity index is 900. The van der Waals surface area contributed by atoms with Gasteiger partial charge in [0.05, 0.1) is 5.69 Å². The van der Waals surface area contributed by atoms with Gasteiger partial charge in [0.25, 0.3) is 11.8 Å². The van der Waals surface area contributed by atoms with Crippen molar-refractivity contribution < 1.29 is 18.4 Å². The molecule has 2 amide bonds. The van der Waals surface area contributed by atoms with Crippen molar-refractivity contribution in [3.8, 4) is 0 Å². The van der Waals surface area contributed by atoms with E-state index in [1.807, 2.05) is 0 Å². The second-order valence-electron chi connectivity index (χ2n) is 7.29. The number of carbonyl (C=O) groups excluding carboxylic acids is 2. The molecule has 0 aromatic carbocycles. The minimum atomic E-state index is -2.59. The molecule has 1 aliphatic carbocycles. The van der Waals surface area contributed by atoms with Crippen molar-refractivity contribution in [2.24, 2.45) is 11.7 Å². The van der Waals surface area contributed by atoms with Crippen molar-refractivity contribution in [3.05, 3.63) is 41.0 Å². The molecule has 2 aromatic rings. The van der Waals surface area contributed by atoms with Gasteiger partial charge in [-0.25, -0.2) is 8.78 Å². The molecule has 0 bridgehead atoms. The van der Waals surface area contributed by atoms with Crippen LogP contribution in [-0.4, -0.2) is 32.5 Å². The number of hydrogen-bond donors (Lipinski definition) is 2. The number of carbonyl (C=O) groups is 2. The van der Waals surface area contributed by atoms with Crippen LogP contribution < -0.4 is 11.1 Å². The van der Waals surface area contributed by atoms with E-state index in [0.717, 1.165) is 5.56 Å². The van der Waals surface area contributed by atoms with Gasteiger partial charge in [0.2, 0.25) is 5.92 Å².